The summed E-state index contributed by atoms with van der Waals surface area (Å²) in [4.78, 5) is 13.7. The number of benzene rings is 1. The molecule has 106 valence electrons. The lowest BCUT2D eigenvalue weighted by molar-refractivity contribution is -0.137. The molecule has 20 heavy (non-hydrogen) atoms. The SMILES string of the molecule is CCOC(=O)/C(C#N)=C(\N)c1ccc(N(C)CC)cc1. The van der Waals surface area contributed by atoms with Gasteiger partial charge in [0.2, 0.25) is 0 Å². The monoisotopic (exact) mass is 273 g/mol. The van der Waals surface area contributed by atoms with Crippen molar-refractivity contribution in [3.05, 3.63) is 35.4 Å². The summed E-state index contributed by atoms with van der Waals surface area (Å²) in [7, 11) is 1.98. The lowest BCUT2D eigenvalue weighted by atomic mass is 10.1. The largest absolute Gasteiger partial charge is 0.462 e. The van der Waals surface area contributed by atoms with E-state index in [1.807, 2.05) is 19.2 Å². The van der Waals surface area contributed by atoms with Gasteiger partial charge in [-0.1, -0.05) is 12.1 Å². The Morgan fingerprint density at radius 2 is 1.95 bits per heavy atom. The molecule has 0 bridgehead atoms. The molecule has 1 aromatic carbocycles. The van der Waals surface area contributed by atoms with Gasteiger partial charge in [-0.05, 0) is 31.5 Å². The van der Waals surface area contributed by atoms with Gasteiger partial charge >= 0.3 is 5.97 Å². The number of rotatable bonds is 5. The fraction of sp³-hybridized carbons (Fsp3) is 0.333. The molecule has 1 rings (SSSR count). The molecule has 0 fully saturated rings. The van der Waals surface area contributed by atoms with Crippen LogP contribution in [0.1, 0.15) is 19.4 Å². The molecular weight excluding hydrogens is 254 g/mol. The van der Waals surface area contributed by atoms with Gasteiger partial charge in [-0.25, -0.2) is 4.79 Å². The van der Waals surface area contributed by atoms with E-state index in [-0.39, 0.29) is 17.9 Å². The van der Waals surface area contributed by atoms with Crippen LogP contribution in [0.2, 0.25) is 0 Å². The maximum atomic E-state index is 11.6. The maximum absolute atomic E-state index is 11.6. The molecule has 0 atom stereocenters. The van der Waals surface area contributed by atoms with Crippen LogP contribution in [0.25, 0.3) is 5.70 Å². The Hall–Kier alpha value is -2.48. The number of anilines is 1. The number of hydrogen-bond acceptors (Lipinski definition) is 5. The van der Waals surface area contributed by atoms with Gasteiger partial charge in [-0.3, -0.25) is 0 Å². The van der Waals surface area contributed by atoms with Crippen LogP contribution >= 0.6 is 0 Å². The Labute approximate surface area is 119 Å². The van der Waals surface area contributed by atoms with Crippen LogP contribution in [-0.4, -0.2) is 26.2 Å². The number of hydrogen-bond donors (Lipinski definition) is 1. The Morgan fingerprint density at radius 3 is 2.40 bits per heavy atom. The molecule has 0 saturated carbocycles. The smallest absolute Gasteiger partial charge is 0.351 e. The van der Waals surface area contributed by atoms with Gasteiger partial charge in [-0.2, -0.15) is 5.26 Å². The molecule has 0 aliphatic carbocycles. The Morgan fingerprint density at radius 1 is 1.35 bits per heavy atom. The van der Waals surface area contributed by atoms with Gasteiger partial charge in [0.1, 0.15) is 6.07 Å². The third-order valence-electron chi connectivity index (χ3n) is 2.95. The van der Waals surface area contributed by atoms with Crippen LogP contribution in [-0.2, 0) is 9.53 Å². The molecule has 5 nitrogen and oxygen atoms in total. The summed E-state index contributed by atoms with van der Waals surface area (Å²) in [5, 5.41) is 9.04. The van der Waals surface area contributed by atoms with E-state index >= 15 is 0 Å². The quantitative estimate of drug-likeness (QED) is 0.503. The summed E-state index contributed by atoms with van der Waals surface area (Å²) >= 11 is 0. The Kier molecular flexibility index (Phi) is 5.60. The second kappa shape index (κ2) is 7.19. The van der Waals surface area contributed by atoms with Crippen LogP contribution in [0.4, 0.5) is 5.69 Å². The fourth-order valence-corrected chi connectivity index (χ4v) is 1.64. The first-order valence-electron chi connectivity index (χ1n) is 6.43. The molecule has 0 aliphatic heterocycles. The lowest BCUT2D eigenvalue weighted by Crippen LogP contribution is -2.16. The van der Waals surface area contributed by atoms with Crippen LogP contribution in [0, 0.1) is 11.3 Å². The van der Waals surface area contributed by atoms with Crippen LogP contribution < -0.4 is 10.6 Å². The number of ether oxygens (including phenoxy) is 1. The molecule has 0 aliphatic rings. The normalized spacial score (nSPS) is 11.3. The number of carbonyl (C=O) groups excluding carboxylic acids is 1. The molecular formula is C15H19N3O2. The molecule has 0 amide bonds. The van der Waals surface area contributed by atoms with Crippen molar-refractivity contribution in [2.45, 2.75) is 13.8 Å². The van der Waals surface area contributed by atoms with E-state index in [1.54, 1.807) is 25.1 Å². The Balaban J connectivity index is 3.09. The summed E-state index contributed by atoms with van der Waals surface area (Å²) in [6.07, 6.45) is 0. The van der Waals surface area contributed by atoms with Crippen molar-refractivity contribution >= 4 is 17.4 Å². The van der Waals surface area contributed by atoms with Crippen molar-refractivity contribution in [3.63, 3.8) is 0 Å². The van der Waals surface area contributed by atoms with Crippen molar-refractivity contribution in [2.75, 3.05) is 25.1 Å². The first-order chi connectivity index (χ1) is 9.54. The average Bonchev–Trinajstić information content (AvgIpc) is 2.47. The van der Waals surface area contributed by atoms with Crippen LogP contribution in [0.5, 0.6) is 0 Å². The minimum Gasteiger partial charge on any atom is -0.462 e. The first-order valence-corrected chi connectivity index (χ1v) is 6.43. The summed E-state index contributed by atoms with van der Waals surface area (Å²) in [6, 6.07) is 9.16. The van der Waals surface area contributed by atoms with Crippen LogP contribution in [0.3, 0.4) is 0 Å². The zero-order chi connectivity index (χ0) is 15.1. The first kappa shape index (κ1) is 15.6. The van der Waals surface area contributed by atoms with Crippen molar-refractivity contribution in [1.29, 1.82) is 5.26 Å². The zero-order valence-electron chi connectivity index (χ0n) is 12.0. The third kappa shape index (κ3) is 3.51. The van der Waals surface area contributed by atoms with Gasteiger partial charge in [0.05, 0.1) is 12.3 Å². The fourth-order valence-electron chi connectivity index (χ4n) is 1.64. The predicted octanol–water partition coefficient (Wildman–Crippen LogP) is 1.90. The van der Waals surface area contributed by atoms with E-state index in [0.717, 1.165) is 12.2 Å². The lowest BCUT2D eigenvalue weighted by Gasteiger charge is -2.17. The van der Waals surface area contributed by atoms with Crippen molar-refractivity contribution < 1.29 is 9.53 Å². The highest BCUT2D eigenvalue weighted by Crippen LogP contribution is 2.19. The van der Waals surface area contributed by atoms with E-state index in [2.05, 4.69) is 11.8 Å². The summed E-state index contributed by atoms with van der Waals surface area (Å²) in [6.45, 7) is 4.82. The predicted molar refractivity (Wildman–Crippen MR) is 78.7 cm³/mol. The molecule has 0 heterocycles. The standard InChI is InChI=1S/C15H19N3O2/c1-4-18(3)12-8-6-11(7-9-12)14(17)13(10-16)15(19)20-5-2/h6-9H,4-5,17H2,1-3H3/b14-13-. The summed E-state index contributed by atoms with van der Waals surface area (Å²) in [5.41, 5.74) is 7.52. The minimum absolute atomic E-state index is 0.136. The average molecular weight is 273 g/mol. The molecule has 0 unspecified atom stereocenters. The highest BCUT2D eigenvalue weighted by molar-refractivity contribution is 6.01. The van der Waals surface area contributed by atoms with Gasteiger partial charge in [0, 0.05) is 19.3 Å². The maximum Gasteiger partial charge on any atom is 0.351 e. The second-order valence-electron chi connectivity index (χ2n) is 4.18. The van der Waals surface area contributed by atoms with Crippen molar-refractivity contribution in [3.8, 4) is 6.07 Å². The molecule has 1 aromatic rings. The van der Waals surface area contributed by atoms with E-state index in [9.17, 15) is 4.79 Å². The van der Waals surface area contributed by atoms with Gasteiger partial charge in [0.25, 0.3) is 0 Å². The number of nitrogens with two attached hydrogens (primary N) is 1. The summed E-state index contributed by atoms with van der Waals surface area (Å²) in [5.74, 6) is -0.692. The molecule has 0 saturated heterocycles. The van der Waals surface area contributed by atoms with E-state index in [0.29, 0.717) is 5.56 Å². The molecule has 0 spiro atoms. The number of carbonyl (C=O) groups is 1. The topological polar surface area (TPSA) is 79.3 Å². The van der Waals surface area contributed by atoms with Gasteiger partial charge in [0.15, 0.2) is 5.57 Å². The highest BCUT2D eigenvalue weighted by atomic mass is 16.5. The highest BCUT2D eigenvalue weighted by Gasteiger charge is 2.15. The van der Waals surface area contributed by atoms with E-state index < -0.39 is 5.97 Å². The van der Waals surface area contributed by atoms with Crippen LogP contribution in [0.15, 0.2) is 29.8 Å². The second-order valence-corrected chi connectivity index (χ2v) is 4.18. The van der Waals surface area contributed by atoms with E-state index in [4.69, 9.17) is 15.7 Å². The van der Waals surface area contributed by atoms with Crippen molar-refractivity contribution in [2.24, 2.45) is 5.73 Å². The van der Waals surface area contributed by atoms with Gasteiger partial charge < -0.3 is 15.4 Å². The number of nitrogens with zero attached hydrogens (tertiary/aromatic N) is 2. The van der Waals surface area contributed by atoms with Crippen molar-refractivity contribution in [1.82, 2.24) is 0 Å². The molecule has 5 heteroatoms. The third-order valence-corrected chi connectivity index (χ3v) is 2.95. The number of nitriles is 1. The summed E-state index contributed by atoms with van der Waals surface area (Å²) < 4.78 is 4.81. The zero-order valence-corrected chi connectivity index (χ0v) is 12.0. The van der Waals surface area contributed by atoms with E-state index in [1.165, 1.54) is 0 Å². The number of esters is 1. The molecule has 0 radical (unpaired) electrons. The van der Waals surface area contributed by atoms with Gasteiger partial charge in [-0.15, -0.1) is 0 Å². The molecule has 0 aromatic heterocycles. The molecule has 2 N–H and O–H groups in total. The minimum atomic E-state index is -0.692. The Bertz CT molecular complexity index is 541.